The predicted octanol–water partition coefficient (Wildman–Crippen LogP) is 3.78. The van der Waals surface area contributed by atoms with Crippen molar-refractivity contribution in [2.75, 3.05) is 5.32 Å². The van der Waals surface area contributed by atoms with Gasteiger partial charge < -0.3 is 5.32 Å². The summed E-state index contributed by atoms with van der Waals surface area (Å²) < 4.78 is 25.7. The lowest BCUT2D eigenvalue weighted by atomic mass is 10.1. The van der Waals surface area contributed by atoms with Crippen molar-refractivity contribution in [3.05, 3.63) is 41.0 Å². The maximum absolute atomic E-state index is 12.9. The predicted molar refractivity (Wildman–Crippen MR) is 103 cm³/mol. The molecule has 0 fully saturated rings. The minimum absolute atomic E-state index is 0.0485. The molecule has 0 aliphatic heterocycles. The Balaban J connectivity index is 2.30. The van der Waals surface area contributed by atoms with Crippen LogP contribution in [0, 0.1) is 0 Å². The maximum atomic E-state index is 12.9. The lowest BCUT2D eigenvalue weighted by Crippen LogP contribution is -2.44. The number of hydrogen-bond acceptors (Lipinski definition) is 4. The highest BCUT2D eigenvalue weighted by Gasteiger charge is 2.43. The summed E-state index contributed by atoms with van der Waals surface area (Å²) in [6.45, 7) is 6.87. The summed E-state index contributed by atoms with van der Waals surface area (Å²) in [5.41, 5.74) is 0.851. The molecule has 2 aromatic rings. The summed E-state index contributed by atoms with van der Waals surface area (Å²) in [6.07, 6.45) is 0.917. The molecule has 0 saturated heterocycles. The van der Waals surface area contributed by atoms with E-state index in [4.69, 9.17) is 11.6 Å². The largest absolute Gasteiger partial charge is 0.310 e. The van der Waals surface area contributed by atoms with Crippen LogP contribution in [0.2, 0.25) is 5.02 Å². The van der Waals surface area contributed by atoms with Crippen molar-refractivity contribution in [1.82, 2.24) is 9.78 Å². The fourth-order valence-corrected chi connectivity index (χ4v) is 3.86. The molecule has 0 saturated carbocycles. The fraction of sp³-hybridized carbons (Fsp3) is 0.444. The third kappa shape index (κ3) is 3.78. The third-order valence-corrected chi connectivity index (χ3v) is 7.27. The molecule has 0 bridgehead atoms. The summed E-state index contributed by atoms with van der Waals surface area (Å²) in [7, 11) is -2.19. The number of amides is 1. The molecular weight excluding hydrogens is 374 g/mol. The molecule has 1 atom stereocenters. The minimum Gasteiger partial charge on any atom is -0.310 e. The van der Waals surface area contributed by atoms with Crippen LogP contribution in [-0.4, -0.2) is 28.9 Å². The zero-order chi connectivity index (χ0) is 19.7. The number of nitrogens with zero attached hydrogens (tertiary/aromatic N) is 2. The van der Waals surface area contributed by atoms with E-state index in [0.29, 0.717) is 10.8 Å². The van der Waals surface area contributed by atoms with Gasteiger partial charge in [0.05, 0.1) is 10.6 Å². The topological polar surface area (TPSA) is 81.1 Å². The van der Waals surface area contributed by atoms with Crippen LogP contribution in [0.1, 0.15) is 45.7 Å². The van der Waals surface area contributed by atoms with Crippen LogP contribution in [0.25, 0.3) is 0 Å². The van der Waals surface area contributed by atoms with Crippen LogP contribution in [0.15, 0.2) is 35.2 Å². The van der Waals surface area contributed by atoms with Gasteiger partial charge in [-0.05, 0) is 44.5 Å². The number of carbonyl (C=O) groups is 1. The van der Waals surface area contributed by atoms with E-state index in [1.54, 1.807) is 17.8 Å². The van der Waals surface area contributed by atoms with Crippen molar-refractivity contribution in [3.8, 4) is 0 Å². The second-order valence-electron chi connectivity index (χ2n) is 6.81. The second-order valence-corrected chi connectivity index (χ2v) is 9.74. The molecule has 0 radical (unpaired) electrons. The molecular formula is C18H24ClN3O3S. The lowest BCUT2D eigenvalue weighted by Gasteiger charge is -2.23. The van der Waals surface area contributed by atoms with Gasteiger partial charge in [0, 0.05) is 24.1 Å². The van der Waals surface area contributed by atoms with Gasteiger partial charge in [-0.3, -0.25) is 9.48 Å². The van der Waals surface area contributed by atoms with Gasteiger partial charge in [0.2, 0.25) is 5.91 Å². The number of carbonyl (C=O) groups excluding carboxylic acids is 1. The first kappa shape index (κ1) is 20.5. The summed E-state index contributed by atoms with van der Waals surface area (Å²) in [6, 6.07) is 7.55. The van der Waals surface area contributed by atoms with E-state index < -0.39 is 20.5 Å². The average Bonchev–Trinajstić information content (AvgIpc) is 2.95. The number of sulfone groups is 1. The number of nitrogens with one attached hydrogen (secondary N) is 1. The number of benzene rings is 1. The zero-order valence-electron chi connectivity index (χ0n) is 15.6. The van der Waals surface area contributed by atoms with Crippen molar-refractivity contribution in [2.45, 2.75) is 49.7 Å². The number of anilines is 1. The van der Waals surface area contributed by atoms with E-state index in [9.17, 15) is 13.2 Å². The van der Waals surface area contributed by atoms with Crippen LogP contribution < -0.4 is 5.32 Å². The summed E-state index contributed by atoms with van der Waals surface area (Å²) in [4.78, 5) is 12.8. The van der Waals surface area contributed by atoms with Gasteiger partial charge in [-0.1, -0.05) is 25.4 Å². The number of hydrogen-bond donors (Lipinski definition) is 1. The molecule has 0 spiro atoms. The smallest absolute Gasteiger partial charge is 0.246 e. The van der Waals surface area contributed by atoms with Crippen LogP contribution in [0.5, 0.6) is 0 Å². The number of halogens is 1. The Labute approximate surface area is 159 Å². The maximum Gasteiger partial charge on any atom is 0.246 e. The van der Waals surface area contributed by atoms with Crippen molar-refractivity contribution in [1.29, 1.82) is 0 Å². The molecule has 1 heterocycles. The normalized spacial score (nSPS) is 13.5. The Bertz CT molecular complexity index is 902. The molecule has 1 N–H and O–H groups in total. The van der Waals surface area contributed by atoms with E-state index in [2.05, 4.69) is 17.3 Å². The van der Waals surface area contributed by atoms with Gasteiger partial charge >= 0.3 is 0 Å². The van der Waals surface area contributed by atoms with Crippen LogP contribution >= 0.6 is 11.6 Å². The molecule has 6 nitrogen and oxygen atoms in total. The Kier molecular flexibility index (Phi) is 5.82. The first-order valence-electron chi connectivity index (χ1n) is 8.36. The fourth-order valence-electron chi connectivity index (χ4n) is 2.35. The Morgan fingerprint density at radius 2 is 1.88 bits per heavy atom. The molecule has 2 rings (SSSR count). The molecule has 26 heavy (non-hydrogen) atoms. The number of aromatic nitrogens is 2. The Morgan fingerprint density at radius 1 is 1.31 bits per heavy atom. The van der Waals surface area contributed by atoms with Crippen molar-refractivity contribution < 1.29 is 13.2 Å². The monoisotopic (exact) mass is 397 g/mol. The van der Waals surface area contributed by atoms with E-state index in [1.807, 2.05) is 6.92 Å². The molecule has 1 aromatic heterocycles. The Morgan fingerprint density at radius 3 is 2.42 bits per heavy atom. The summed E-state index contributed by atoms with van der Waals surface area (Å²) in [5, 5.41) is 7.51. The Hall–Kier alpha value is -1.86. The SMILES string of the molecule is CCC(C)c1cc(NC(=O)C(C)(C)S(=O)(=O)c2ccc(Cl)cc2)n(C)n1. The molecule has 142 valence electrons. The highest BCUT2D eigenvalue weighted by molar-refractivity contribution is 7.93. The number of aryl methyl sites for hydroxylation is 1. The second kappa shape index (κ2) is 7.40. The highest BCUT2D eigenvalue weighted by Crippen LogP contribution is 2.28. The highest BCUT2D eigenvalue weighted by atomic mass is 35.5. The van der Waals surface area contributed by atoms with Crippen LogP contribution in [-0.2, 0) is 21.7 Å². The molecule has 0 aliphatic carbocycles. The van der Waals surface area contributed by atoms with Gasteiger partial charge in [-0.25, -0.2) is 8.42 Å². The van der Waals surface area contributed by atoms with Gasteiger partial charge in [0.1, 0.15) is 10.6 Å². The van der Waals surface area contributed by atoms with Crippen LogP contribution in [0.3, 0.4) is 0 Å². The minimum atomic E-state index is -3.90. The van der Waals surface area contributed by atoms with Gasteiger partial charge in [0.25, 0.3) is 0 Å². The first-order valence-corrected chi connectivity index (χ1v) is 10.2. The summed E-state index contributed by atoms with van der Waals surface area (Å²) in [5.74, 6) is 0.0912. The van der Waals surface area contributed by atoms with Crippen molar-refractivity contribution in [3.63, 3.8) is 0 Å². The lowest BCUT2D eigenvalue weighted by molar-refractivity contribution is -0.117. The molecule has 1 unspecified atom stereocenters. The van der Waals surface area contributed by atoms with Gasteiger partial charge in [0.15, 0.2) is 9.84 Å². The molecule has 0 aliphatic rings. The van der Waals surface area contributed by atoms with Crippen molar-refractivity contribution in [2.24, 2.45) is 7.05 Å². The average molecular weight is 398 g/mol. The van der Waals surface area contributed by atoms with E-state index >= 15 is 0 Å². The van der Waals surface area contributed by atoms with Crippen LogP contribution in [0.4, 0.5) is 5.82 Å². The van der Waals surface area contributed by atoms with Gasteiger partial charge in [-0.2, -0.15) is 5.10 Å². The van der Waals surface area contributed by atoms with E-state index in [-0.39, 0.29) is 10.8 Å². The molecule has 8 heteroatoms. The zero-order valence-corrected chi connectivity index (χ0v) is 17.1. The van der Waals surface area contributed by atoms with Crippen molar-refractivity contribution >= 4 is 33.2 Å². The number of rotatable bonds is 6. The van der Waals surface area contributed by atoms with E-state index in [1.165, 1.54) is 38.1 Å². The molecule has 1 aromatic carbocycles. The molecule has 1 amide bonds. The summed E-state index contributed by atoms with van der Waals surface area (Å²) >= 11 is 5.82. The van der Waals surface area contributed by atoms with Gasteiger partial charge in [-0.15, -0.1) is 0 Å². The van der Waals surface area contributed by atoms with E-state index in [0.717, 1.165) is 12.1 Å². The first-order chi connectivity index (χ1) is 12.0. The standard InChI is InChI=1S/C18H24ClN3O3S/c1-6-12(2)15-11-16(22(5)21-15)20-17(23)18(3,4)26(24,25)14-9-7-13(19)8-10-14/h7-12H,6H2,1-5H3,(H,20,23). The quantitative estimate of drug-likeness (QED) is 0.804. The third-order valence-electron chi connectivity index (χ3n) is 4.60.